The zero-order chi connectivity index (χ0) is 11.7. The first-order chi connectivity index (χ1) is 7.61. The van der Waals surface area contributed by atoms with E-state index in [4.69, 9.17) is 0 Å². The highest BCUT2D eigenvalue weighted by atomic mass is 16.1. The van der Waals surface area contributed by atoms with Crippen LogP contribution in [0.15, 0.2) is 40.4 Å². The van der Waals surface area contributed by atoms with Gasteiger partial charge >= 0.3 is 0 Å². The summed E-state index contributed by atoms with van der Waals surface area (Å²) in [4.78, 5) is 17.9. The average molecular weight is 216 g/mol. The van der Waals surface area contributed by atoms with Crippen LogP contribution in [0.4, 0.5) is 0 Å². The molecule has 2 aliphatic heterocycles. The van der Waals surface area contributed by atoms with Crippen LogP contribution in [0.5, 0.6) is 0 Å². The second kappa shape index (κ2) is 4.08. The van der Waals surface area contributed by atoms with E-state index < -0.39 is 0 Å². The minimum absolute atomic E-state index is 0.0962. The van der Waals surface area contributed by atoms with Gasteiger partial charge in [-0.1, -0.05) is 6.92 Å². The largest absolute Gasteiger partial charge is 0.299 e. The molecule has 0 aromatic carbocycles. The molecule has 0 radical (unpaired) electrons. The van der Waals surface area contributed by atoms with Crippen LogP contribution >= 0.6 is 0 Å². The maximum absolute atomic E-state index is 11.7. The number of hydrogen-bond donors (Lipinski definition) is 0. The molecule has 0 saturated heterocycles. The maximum Gasteiger partial charge on any atom is 0.176 e. The standard InChI is InChI=1S/C13H16N2O/c1-9-5-6-12-14-7-4-8-15(12)13(10(9)2)11(3)16/h4,6-9H,5H2,1-3H3. The van der Waals surface area contributed by atoms with Gasteiger partial charge in [0.2, 0.25) is 0 Å². The van der Waals surface area contributed by atoms with E-state index in [0.717, 1.165) is 23.5 Å². The summed E-state index contributed by atoms with van der Waals surface area (Å²) in [5, 5.41) is 0. The van der Waals surface area contributed by atoms with Crippen LogP contribution in [0.1, 0.15) is 27.2 Å². The lowest BCUT2D eigenvalue weighted by molar-refractivity contribution is -0.114. The Morgan fingerprint density at radius 2 is 2.31 bits per heavy atom. The Balaban J connectivity index is 2.54. The summed E-state index contributed by atoms with van der Waals surface area (Å²) < 4.78 is 0. The van der Waals surface area contributed by atoms with Crippen molar-refractivity contribution >= 4 is 12.0 Å². The molecule has 16 heavy (non-hydrogen) atoms. The summed E-state index contributed by atoms with van der Waals surface area (Å²) in [6.07, 6.45) is 8.52. The van der Waals surface area contributed by atoms with Gasteiger partial charge in [-0.25, -0.2) is 4.99 Å². The molecule has 0 fully saturated rings. The predicted molar refractivity (Wildman–Crippen MR) is 64.7 cm³/mol. The maximum atomic E-state index is 11.7. The van der Waals surface area contributed by atoms with E-state index in [1.54, 1.807) is 13.1 Å². The van der Waals surface area contributed by atoms with E-state index in [1.807, 2.05) is 24.1 Å². The number of aliphatic imine (C=N–C) groups is 1. The molecule has 84 valence electrons. The van der Waals surface area contributed by atoms with Crippen LogP contribution in [0.25, 0.3) is 0 Å². The average Bonchev–Trinajstić information content (AvgIpc) is 2.38. The fourth-order valence-electron chi connectivity index (χ4n) is 2.05. The van der Waals surface area contributed by atoms with Crippen molar-refractivity contribution in [2.75, 3.05) is 0 Å². The minimum Gasteiger partial charge on any atom is -0.299 e. The summed E-state index contributed by atoms with van der Waals surface area (Å²) in [6, 6.07) is 0. The van der Waals surface area contributed by atoms with E-state index in [2.05, 4.69) is 18.0 Å². The second-order valence-corrected chi connectivity index (χ2v) is 4.28. The molecule has 2 aliphatic rings. The van der Waals surface area contributed by atoms with E-state index in [9.17, 15) is 4.79 Å². The van der Waals surface area contributed by atoms with Gasteiger partial charge < -0.3 is 0 Å². The molecule has 3 nitrogen and oxygen atoms in total. The lowest BCUT2D eigenvalue weighted by Gasteiger charge is -2.24. The quantitative estimate of drug-likeness (QED) is 0.675. The lowest BCUT2D eigenvalue weighted by atomic mass is 9.97. The molecule has 0 spiro atoms. The number of carbonyl (C=O) groups is 1. The van der Waals surface area contributed by atoms with Gasteiger partial charge in [0, 0.05) is 19.3 Å². The van der Waals surface area contributed by atoms with Crippen LogP contribution in [-0.2, 0) is 4.79 Å². The van der Waals surface area contributed by atoms with Crippen molar-refractivity contribution in [3.63, 3.8) is 0 Å². The summed E-state index contributed by atoms with van der Waals surface area (Å²) >= 11 is 0. The summed E-state index contributed by atoms with van der Waals surface area (Å²) in [5.41, 5.74) is 1.91. The van der Waals surface area contributed by atoms with Crippen molar-refractivity contribution in [2.24, 2.45) is 10.9 Å². The molecular formula is C13H16N2O. The van der Waals surface area contributed by atoms with Crippen LogP contribution in [0.3, 0.4) is 0 Å². The Hall–Kier alpha value is -1.64. The van der Waals surface area contributed by atoms with Crippen molar-refractivity contribution < 1.29 is 4.79 Å². The highest BCUT2D eigenvalue weighted by molar-refractivity contribution is 5.94. The Morgan fingerprint density at radius 3 is 3.00 bits per heavy atom. The lowest BCUT2D eigenvalue weighted by Crippen LogP contribution is -2.23. The van der Waals surface area contributed by atoms with E-state index in [-0.39, 0.29) is 5.78 Å². The number of carbonyl (C=O) groups excluding carboxylic acids is 1. The Morgan fingerprint density at radius 1 is 1.56 bits per heavy atom. The number of fused-ring (bicyclic) bond motifs is 1. The monoisotopic (exact) mass is 216 g/mol. The van der Waals surface area contributed by atoms with Crippen molar-refractivity contribution in [3.05, 3.63) is 35.4 Å². The first-order valence-corrected chi connectivity index (χ1v) is 5.53. The van der Waals surface area contributed by atoms with Crippen molar-refractivity contribution in [3.8, 4) is 0 Å². The fraction of sp³-hybridized carbons (Fsp3) is 0.385. The molecule has 0 bridgehead atoms. The Labute approximate surface area is 95.9 Å². The number of nitrogens with zero attached hydrogens (tertiary/aromatic N) is 2. The first kappa shape index (κ1) is 10.9. The Bertz CT molecular complexity index is 441. The van der Waals surface area contributed by atoms with Gasteiger partial charge in [-0.2, -0.15) is 0 Å². The molecule has 0 aromatic heterocycles. The molecule has 1 atom stereocenters. The highest BCUT2D eigenvalue weighted by Crippen LogP contribution is 2.30. The SMILES string of the molecule is CC(=O)C1=C(C)C(C)CC=C2N=CC=CN21. The third-order valence-corrected chi connectivity index (χ3v) is 3.12. The van der Waals surface area contributed by atoms with Gasteiger partial charge in [-0.15, -0.1) is 0 Å². The van der Waals surface area contributed by atoms with Gasteiger partial charge in [-0.05, 0) is 37.0 Å². The van der Waals surface area contributed by atoms with Crippen LogP contribution < -0.4 is 0 Å². The smallest absolute Gasteiger partial charge is 0.176 e. The normalized spacial score (nSPS) is 24.1. The minimum atomic E-state index is 0.0962. The third-order valence-electron chi connectivity index (χ3n) is 3.12. The number of hydrogen-bond acceptors (Lipinski definition) is 3. The molecule has 1 unspecified atom stereocenters. The van der Waals surface area contributed by atoms with Gasteiger partial charge in [0.05, 0.1) is 5.70 Å². The van der Waals surface area contributed by atoms with E-state index in [1.165, 1.54) is 0 Å². The van der Waals surface area contributed by atoms with E-state index >= 15 is 0 Å². The van der Waals surface area contributed by atoms with Crippen molar-refractivity contribution in [2.45, 2.75) is 27.2 Å². The summed E-state index contributed by atoms with van der Waals surface area (Å²) in [5.74, 6) is 1.34. The predicted octanol–water partition coefficient (Wildman–Crippen LogP) is 2.63. The summed E-state index contributed by atoms with van der Waals surface area (Å²) in [6.45, 7) is 5.78. The molecule has 3 heteroatoms. The molecule has 0 N–H and O–H groups in total. The summed E-state index contributed by atoms with van der Waals surface area (Å²) in [7, 11) is 0. The molecule has 0 saturated carbocycles. The number of ketones is 1. The van der Waals surface area contributed by atoms with Gasteiger partial charge in [0.25, 0.3) is 0 Å². The zero-order valence-corrected chi connectivity index (χ0v) is 9.90. The van der Waals surface area contributed by atoms with E-state index in [0.29, 0.717) is 5.92 Å². The van der Waals surface area contributed by atoms with Crippen molar-refractivity contribution in [1.82, 2.24) is 4.90 Å². The van der Waals surface area contributed by atoms with Gasteiger partial charge in [0.1, 0.15) is 5.82 Å². The van der Waals surface area contributed by atoms with Gasteiger partial charge in [-0.3, -0.25) is 9.69 Å². The molecule has 0 amide bonds. The van der Waals surface area contributed by atoms with Crippen molar-refractivity contribution in [1.29, 1.82) is 0 Å². The Kier molecular flexibility index (Phi) is 2.77. The van der Waals surface area contributed by atoms with Crippen LogP contribution in [0.2, 0.25) is 0 Å². The van der Waals surface area contributed by atoms with Crippen LogP contribution in [0, 0.1) is 5.92 Å². The topological polar surface area (TPSA) is 32.7 Å². The molecular weight excluding hydrogens is 200 g/mol. The highest BCUT2D eigenvalue weighted by Gasteiger charge is 2.24. The second-order valence-electron chi connectivity index (χ2n) is 4.28. The molecule has 0 aromatic rings. The molecule has 2 rings (SSSR count). The van der Waals surface area contributed by atoms with Crippen LogP contribution in [-0.4, -0.2) is 16.9 Å². The fourth-order valence-corrected chi connectivity index (χ4v) is 2.05. The van der Waals surface area contributed by atoms with Gasteiger partial charge in [0.15, 0.2) is 5.78 Å². The number of allylic oxidation sites excluding steroid dienone is 4. The first-order valence-electron chi connectivity index (χ1n) is 5.53. The molecule has 0 aliphatic carbocycles. The third kappa shape index (κ3) is 1.73. The molecule has 2 heterocycles. The zero-order valence-electron chi connectivity index (χ0n) is 9.90. The number of rotatable bonds is 1. The number of Topliss-reactive ketones (excluding diaryl/α,β-unsaturated/α-hetero) is 1.